The molecule has 0 aliphatic heterocycles. The second-order valence-corrected chi connectivity index (χ2v) is 8.65. The Morgan fingerprint density at radius 2 is 1.96 bits per heavy atom. The smallest absolute Gasteiger partial charge is 0.234 e. The van der Waals surface area contributed by atoms with Gasteiger partial charge in [-0.15, -0.1) is 5.10 Å². The molecule has 134 valence electrons. The molecule has 0 bridgehead atoms. The average Bonchev–Trinajstić information content (AvgIpc) is 2.98. The molecule has 1 aromatic heterocycles. The van der Waals surface area contributed by atoms with Crippen molar-refractivity contribution in [2.24, 2.45) is 0 Å². The van der Waals surface area contributed by atoms with Gasteiger partial charge >= 0.3 is 0 Å². The molecule has 0 spiro atoms. The highest BCUT2D eigenvalue weighted by atomic mass is 35.5. The van der Waals surface area contributed by atoms with Crippen LogP contribution in [0.1, 0.15) is 0 Å². The molecule has 26 heavy (non-hydrogen) atoms. The maximum atomic E-state index is 13.0. The molecule has 2 aromatic carbocycles. The summed E-state index contributed by atoms with van der Waals surface area (Å²) in [6.07, 6.45) is 0. The molecular formula is C16H10Cl2FN3OS3. The number of thioether (sulfide) groups is 1. The molecule has 0 atom stereocenters. The number of carbonyl (C=O) groups excluding carboxylic acids is 1. The number of hydrogen-bond acceptors (Lipinski definition) is 5. The third-order valence-electron chi connectivity index (χ3n) is 3.13. The maximum absolute atomic E-state index is 13.0. The highest BCUT2D eigenvalue weighted by Crippen LogP contribution is 2.26. The number of amides is 1. The van der Waals surface area contributed by atoms with E-state index in [9.17, 15) is 9.18 Å². The second-order valence-electron chi connectivity index (χ2n) is 4.99. The minimum absolute atomic E-state index is 0.159. The fourth-order valence-electron chi connectivity index (χ4n) is 1.96. The summed E-state index contributed by atoms with van der Waals surface area (Å²) in [5.74, 6) is -0.377. The maximum Gasteiger partial charge on any atom is 0.234 e. The van der Waals surface area contributed by atoms with Gasteiger partial charge in [-0.3, -0.25) is 4.79 Å². The van der Waals surface area contributed by atoms with Crippen LogP contribution >= 0.6 is 58.5 Å². The summed E-state index contributed by atoms with van der Waals surface area (Å²) >= 11 is 19.6. The fourth-order valence-corrected chi connectivity index (χ4v) is 4.42. The Balaban J connectivity index is 1.63. The zero-order chi connectivity index (χ0) is 18.7. The number of rotatable bonds is 5. The van der Waals surface area contributed by atoms with Crippen LogP contribution in [0.2, 0.25) is 10.0 Å². The highest BCUT2D eigenvalue weighted by Gasteiger charge is 2.10. The van der Waals surface area contributed by atoms with Crippen molar-refractivity contribution < 1.29 is 9.18 Å². The first-order valence-electron chi connectivity index (χ1n) is 7.16. The predicted molar refractivity (Wildman–Crippen MR) is 108 cm³/mol. The molecule has 1 N–H and O–H groups in total. The normalized spacial score (nSPS) is 10.7. The van der Waals surface area contributed by atoms with Crippen molar-refractivity contribution in [2.45, 2.75) is 4.34 Å². The first kappa shape index (κ1) is 19.3. The van der Waals surface area contributed by atoms with Gasteiger partial charge in [0.05, 0.1) is 21.5 Å². The molecule has 3 aromatic rings. The molecular weight excluding hydrogens is 436 g/mol. The number of hydrogen-bond donors (Lipinski definition) is 1. The van der Waals surface area contributed by atoms with Crippen LogP contribution < -0.4 is 5.32 Å². The Bertz CT molecular complexity index is 1000. The van der Waals surface area contributed by atoms with Crippen molar-refractivity contribution in [3.05, 3.63) is 62.3 Å². The van der Waals surface area contributed by atoms with Crippen LogP contribution in [-0.4, -0.2) is 21.4 Å². The van der Waals surface area contributed by atoms with Crippen molar-refractivity contribution in [3.8, 4) is 5.69 Å². The largest absolute Gasteiger partial charge is 0.325 e. The summed E-state index contributed by atoms with van der Waals surface area (Å²) < 4.78 is 15.7. The molecule has 0 aliphatic carbocycles. The van der Waals surface area contributed by atoms with E-state index in [0.29, 0.717) is 29.7 Å². The molecule has 0 saturated heterocycles. The number of carbonyl (C=O) groups is 1. The average molecular weight is 446 g/mol. The highest BCUT2D eigenvalue weighted by molar-refractivity contribution is 8.01. The third-order valence-corrected chi connectivity index (χ3v) is 6.23. The van der Waals surface area contributed by atoms with Gasteiger partial charge in [0, 0.05) is 5.69 Å². The van der Waals surface area contributed by atoms with Gasteiger partial charge in [-0.25, -0.2) is 9.07 Å². The van der Waals surface area contributed by atoms with E-state index in [1.165, 1.54) is 35.2 Å². The van der Waals surface area contributed by atoms with Crippen LogP contribution in [0.5, 0.6) is 0 Å². The molecule has 0 fully saturated rings. The lowest BCUT2D eigenvalue weighted by Crippen LogP contribution is -2.13. The van der Waals surface area contributed by atoms with Crippen molar-refractivity contribution in [2.75, 3.05) is 11.1 Å². The quantitative estimate of drug-likeness (QED) is 0.395. The Labute approximate surface area is 171 Å². The molecule has 3 rings (SSSR count). The van der Waals surface area contributed by atoms with Crippen molar-refractivity contribution >= 4 is 70.1 Å². The molecule has 0 saturated carbocycles. The van der Waals surface area contributed by atoms with E-state index >= 15 is 0 Å². The van der Waals surface area contributed by atoms with Crippen molar-refractivity contribution in [1.29, 1.82) is 0 Å². The fraction of sp³-hybridized carbons (Fsp3) is 0.0625. The van der Waals surface area contributed by atoms with E-state index in [1.807, 2.05) is 0 Å². The topological polar surface area (TPSA) is 46.9 Å². The Morgan fingerprint density at radius 1 is 1.23 bits per heavy atom. The lowest BCUT2D eigenvalue weighted by molar-refractivity contribution is -0.113. The molecule has 1 heterocycles. The van der Waals surface area contributed by atoms with E-state index < -0.39 is 0 Å². The Morgan fingerprint density at radius 3 is 2.65 bits per heavy atom. The van der Waals surface area contributed by atoms with Crippen LogP contribution in [0.25, 0.3) is 5.69 Å². The zero-order valence-corrected chi connectivity index (χ0v) is 16.9. The lowest BCUT2D eigenvalue weighted by atomic mass is 10.3. The van der Waals surface area contributed by atoms with Gasteiger partial charge in [-0.05, 0) is 54.7 Å². The summed E-state index contributed by atoms with van der Waals surface area (Å²) in [7, 11) is 0. The van der Waals surface area contributed by atoms with Crippen LogP contribution in [0.15, 0.2) is 46.8 Å². The minimum atomic E-state index is -0.330. The van der Waals surface area contributed by atoms with Gasteiger partial charge < -0.3 is 5.32 Å². The van der Waals surface area contributed by atoms with Crippen LogP contribution in [-0.2, 0) is 4.79 Å². The van der Waals surface area contributed by atoms with Gasteiger partial charge in [0.25, 0.3) is 0 Å². The zero-order valence-electron chi connectivity index (χ0n) is 12.9. The number of nitrogens with zero attached hydrogens (tertiary/aromatic N) is 2. The van der Waals surface area contributed by atoms with Gasteiger partial charge in [0.1, 0.15) is 5.82 Å². The first-order chi connectivity index (χ1) is 12.4. The summed E-state index contributed by atoms with van der Waals surface area (Å²) in [4.78, 5) is 12.1. The molecule has 0 radical (unpaired) electrons. The third kappa shape index (κ3) is 4.83. The molecule has 4 nitrogen and oxygen atoms in total. The monoisotopic (exact) mass is 445 g/mol. The SMILES string of the molecule is O=C(CSc1nn(-c2ccc(F)cc2)c(=S)s1)Nc1ccc(Cl)c(Cl)c1. The van der Waals surface area contributed by atoms with Crippen molar-refractivity contribution in [1.82, 2.24) is 9.78 Å². The molecule has 10 heteroatoms. The van der Waals surface area contributed by atoms with Crippen LogP contribution in [0.4, 0.5) is 10.1 Å². The van der Waals surface area contributed by atoms with Crippen molar-refractivity contribution in [3.63, 3.8) is 0 Å². The number of benzene rings is 2. The Kier molecular flexibility index (Phi) is 6.31. The Hall–Kier alpha value is -1.45. The molecule has 0 unspecified atom stereocenters. The van der Waals surface area contributed by atoms with Crippen LogP contribution in [0.3, 0.4) is 0 Å². The lowest BCUT2D eigenvalue weighted by Gasteiger charge is -2.05. The minimum Gasteiger partial charge on any atom is -0.325 e. The standard InChI is InChI=1S/C16H10Cl2FN3OS3/c17-12-6-3-10(7-13(12)18)20-14(23)8-25-15-21-22(16(24)26-15)11-4-1-9(19)2-5-11/h1-7H,8H2,(H,20,23). The van der Waals surface area contributed by atoms with E-state index in [0.717, 1.165) is 0 Å². The first-order valence-corrected chi connectivity index (χ1v) is 10.1. The van der Waals surface area contributed by atoms with E-state index in [4.69, 9.17) is 35.4 Å². The number of aromatic nitrogens is 2. The van der Waals surface area contributed by atoms with Gasteiger partial charge in [-0.1, -0.05) is 46.3 Å². The second kappa shape index (κ2) is 8.49. The number of anilines is 1. The summed E-state index contributed by atoms with van der Waals surface area (Å²) in [5.41, 5.74) is 1.23. The predicted octanol–water partition coefficient (Wildman–Crippen LogP) is 5.84. The van der Waals surface area contributed by atoms with E-state index in [-0.39, 0.29) is 17.5 Å². The summed E-state index contributed by atoms with van der Waals surface area (Å²) in [6, 6.07) is 10.7. The summed E-state index contributed by atoms with van der Waals surface area (Å²) in [5, 5.41) is 7.90. The summed E-state index contributed by atoms with van der Waals surface area (Å²) in [6.45, 7) is 0. The van der Waals surface area contributed by atoms with E-state index in [1.54, 1.807) is 35.0 Å². The van der Waals surface area contributed by atoms with Crippen LogP contribution in [0, 0.1) is 9.77 Å². The van der Waals surface area contributed by atoms with Gasteiger partial charge in [-0.2, -0.15) is 0 Å². The molecule has 0 aliphatic rings. The van der Waals surface area contributed by atoms with E-state index in [2.05, 4.69) is 10.4 Å². The number of nitrogens with one attached hydrogen (secondary N) is 1. The number of halogens is 3. The molecule has 1 amide bonds. The van der Waals surface area contributed by atoms with Gasteiger partial charge in [0.2, 0.25) is 5.91 Å². The van der Waals surface area contributed by atoms with Gasteiger partial charge in [0.15, 0.2) is 8.29 Å².